The molecule has 0 aliphatic carbocycles. The molecule has 26 heavy (non-hydrogen) atoms. The molecular weight excluding hydrogens is 365 g/mol. The van der Waals surface area contributed by atoms with E-state index in [0.29, 0.717) is 22.1 Å². The molecule has 0 radical (unpaired) electrons. The van der Waals surface area contributed by atoms with Crippen LogP contribution in [0.5, 0.6) is 0 Å². The van der Waals surface area contributed by atoms with Gasteiger partial charge in [0.1, 0.15) is 22.5 Å². The van der Waals surface area contributed by atoms with Crippen LogP contribution >= 0.6 is 11.8 Å². The van der Waals surface area contributed by atoms with E-state index in [1.54, 1.807) is 20.8 Å². The van der Waals surface area contributed by atoms with Crippen molar-refractivity contribution in [2.45, 2.75) is 37.2 Å². The maximum absolute atomic E-state index is 12.6. The number of aryl methyl sites for hydroxylation is 2. The molecule has 1 atom stereocenters. The van der Waals surface area contributed by atoms with Gasteiger partial charge in [0.25, 0.3) is 0 Å². The lowest BCUT2D eigenvalue weighted by Crippen LogP contribution is -2.23. The van der Waals surface area contributed by atoms with Crippen molar-refractivity contribution in [3.63, 3.8) is 0 Å². The first-order valence-corrected chi connectivity index (χ1v) is 8.40. The molecule has 0 aliphatic heterocycles. The molecule has 1 amide bonds. The number of nitrogens with one attached hydrogen (secondary N) is 1. The zero-order chi connectivity index (χ0) is 19.5. The van der Waals surface area contributed by atoms with Gasteiger partial charge < -0.3 is 5.32 Å². The number of alkyl halides is 3. The zero-order valence-corrected chi connectivity index (χ0v) is 15.0. The Hall–Kier alpha value is -2.60. The Labute approximate surface area is 152 Å². The van der Waals surface area contributed by atoms with E-state index in [-0.39, 0.29) is 5.69 Å². The topological polar surface area (TPSA) is 78.7 Å². The third-order valence-electron chi connectivity index (χ3n) is 3.42. The number of nitrogens with zero attached hydrogens (tertiary/aromatic N) is 3. The number of rotatable bonds is 4. The summed E-state index contributed by atoms with van der Waals surface area (Å²) in [6.07, 6.45) is -4.43. The summed E-state index contributed by atoms with van der Waals surface area (Å²) >= 11 is 1.09. The van der Waals surface area contributed by atoms with Crippen LogP contribution in [0.4, 0.5) is 18.9 Å². The van der Waals surface area contributed by atoms with Gasteiger partial charge in [-0.15, -0.1) is 0 Å². The highest BCUT2D eigenvalue weighted by Crippen LogP contribution is 2.30. The van der Waals surface area contributed by atoms with Crippen LogP contribution in [0.15, 0.2) is 29.3 Å². The van der Waals surface area contributed by atoms with Crippen LogP contribution in [-0.2, 0) is 11.0 Å². The summed E-state index contributed by atoms with van der Waals surface area (Å²) in [6, 6.07) is 6.21. The van der Waals surface area contributed by atoms with Crippen LogP contribution in [0, 0.1) is 25.2 Å². The number of carbonyl (C=O) groups is 1. The number of aromatic nitrogens is 2. The number of hydrogen-bond acceptors (Lipinski definition) is 5. The summed E-state index contributed by atoms with van der Waals surface area (Å²) < 4.78 is 37.7. The Bertz CT molecular complexity index is 860. The molecular formula is C17H15F3N4OS. The smallest absolute Gasteiger partial charge is 0.325 e. The first-order chi connectivity index (χ1) is 12.1. The normalized spacial score (nSPS) is 12.3. The highest BCUT2D eigenvalue weighted by atomic mass is 32.2. The largest absolute Gasteiger partial charge is 0.416 e. The number of amides is 1. The molecule has 0 fully saturated rings. The lowest BCUT2D eigenvalue weighted by atomic mass is 10.2. The Balaban J connectivity index is 2.10. The monoisotopic (exact) mass is 380 g/mol. The van der Waals surface area contributed by atoms with Crippen LogP contribution in [0.1, 0.15) is 29.6 Å². The minimum atomic E-state index is -4.43. The second-order valence-electron chi connectivity index (χ2n) is 5.47. The fraction of sp³-hybridized carbons (Fsp3) is 0.294. The van der Waals surface area contributed by atoms with E-state index in [0.717, 1.165) is 23.9 Å². The minimum Gasteiger partial charge on any atom is -0.325 e. The summed E-state index contributed by atoms with van der Waals surface area (Å²) in [6.45, 7) is 4.99. The van der Waals surface area contributed by atoms with Crippen LogP contribution in [0.2, 0.25) is 0 Å². The number of thioether (sulfide) groups is 1. The molecule has 1 aromatic carbocycles. The van der Waals surface area contributed by atoms with Gasteiger partial charge in [-0.05, 0) is 45.0 Å². The average Bonchev–Trinajstić information content (AvgIpc) is 2.54. The van der Waals surface area contributed by atoms with Crippen molar-refractivity contribution < 1.29 is 18.0 Å². The van der Waals surface area contributed by atoms with Crippen molar-refractivity contribution in [2.24, 2.45) is 0 Å². The second-order valence-corrected chi connectivity index (χ2v) is 6.80. The van der Waals surface area contributed by atoms with Crippen molar-refractivity contribution in [2.75, 3.05) is 5.32 Å². The highest BCUT2D eigenvalue weighted by molar-refractivity contribution is 8.00. The van der Waals surface area contributed by atoms with E-state index >= 15 is 0 Å². The SMILES string of the molecule is Cc1nc(C)c(C#N)c(SC(C)C(=O)Nc2ccc(C(F)(F)F)cc2)n1. The molecule has 1 aromatic heterocycles. The molecule has 2 rings (SSSR count). The molecule has 1 heterocycles. The molecule has 0 aliphatic rings. The van der Waals surface area contributed by atoms with Crippen LogP contribution in [0.3, 0.4) is 0 Å². The van der Waals surface area contributed by atoms with Crippen LogP contribution in [-0.4, -0.2) is 21.1 Å². The minimum absolute atomic E-state index is 0.256. The molecule has 1 N–H and O–H groups in total. The summed E-state index contributed by atoms with van der Waals surface area (Å²) in [5.41, 5.74) is 0.294. The fourth-order valence-corrected chi connectivity index (χ4v) is 3.10. The number of anilines is 1. The molecule has 136 valence electrons. The number of carbonyl (C=O) groups excluding carboxylic acids is 1. The first-order valence-electron chi connectivity index (χ1n) is 7.52. The third-order valence-corrected chi connectivity index (χ3v) is 4.50. The van der Waals surface area contributed by atoms with Crippen molar-refractivity contribution in [1.29, 1.82) is 5.26 Å². The molecule has 0 spiro atoms. The van der Waals surface area contributed by atoms with E-state index in [4.69, 9.17) is 0 Å². The molecule has 2 aromatic rings. The van der Waals surface area contributed by atoms with Gasteiger partial charge in [0.2, 0.25) is 5.91 Å². The van der Waals surface area contributed by atoms with Crippen molar-refractivity contribution in [3.05, 3.63) is 46.9 Å². The maximum Gasteiger partial charge on any atom is 0.416 e. The summed E-state index contributed by atoms with van der Waals surface area (Å²) in [4.78, 5) is 20.6. The Kier molecular flexibility index (Phi) is 5.87. The van der Waals surface area contributed by atoms with Crippen LogP contribution in [0.25, 0.3) is 0 Å². The lowest BCUT2D eigenvalue weighted by Gasteiger charge is -2.14. The third kappa shape index (κ3) is 4.73. The summed E-state index contributed by atoms with van der Waals surface area (Å²) in [5.74, 6) is 0.0758. The quantitative estimate of drug-likeness (QED) is 0.638. The Morgan fingerprint density at radius 1 is 1.23 bits per heavy atom. The van der Waals surface area contributed by atoms with E-state index in [9.17, 15) is 23.2 Å². The molecule has 9 heteroatoms. The van der Waals surface area contributed by atoms with Gasteiger partial charge in [-0.2, -0.15) is 18.4 Å². The standard InChI is InChI=1S/C17H15F3N4OS/c1-9-14(8-21)16(23-11(3)22-9)26-10(2)15(25)24-13-6-4-12(5-7-13)17(18,19)20/h4-7,10H,1-3H3,(H,24,25). The predicted octanol–water partition coefficient (Wildman–Crippen LogP) is 4.10. The van der Waals surface area contributed by atoms with Crippen molar-refractivity contribution >= 4 is 23.4 Å². The molecule has 0 bridgehead atoms. The van der Waals surface area contributed by atoms with Crippen LogP contribution < -0.4 is 5.32 Å². The van der Waals surface area contributed by atoms with E-state index in [1.807, 2.05) is 6.07 Å². The van der Waals surface area contributed by atoms with Gasteiger partial charge in [0.05, 0.1) is 16.5 Å². The summed E-state index contributed by atoms with van der Waals surface area (Å²) in [5, 5.41) is 11.6. The zero-order valence-electron chi connectivity index (χ0n) is 14.2. The van der Waals surface area contributed by atoms with Gasteiger partial charge in [-0.3, -0.25) is 4.79 Å². The molecule has 1 unspecified atom stereocenters. The van der Waals surface area contributed by atoms with Gasteiger partial charge in [0.15, 0.2) is 0 Å². The lowest BCUT2D eigenvalue weighted by molar-refractivity contribution is -0.137. The number of benzene rings is 1. The van der Waals surface area contributed by atoms with Gasteiger partial charge in [-0.1, -0.05) is 11.8 Å². The Morgan fingerprint density at radius 2 is 1.85 bits per heavy atom. The van der Waals surface area contributed by atoms with Crippen molar-refractivity contribution in [1.82, 2.24) is 9.97 Å². The fourth-order valence-electron chi connectivity index (χ4n) is 2.10. The van der Waals surface area contributed by atoms with E-state index in [2.05, 4.69) is 15.3 Å². The van der Waals surface area contributed by atoms with E-state index < -0.39 is 22.9 Å². The maximum atomic E-state index is 12.6. The second kappa shape index (κ2) is 7.74. The van der Waals surface area contributed by atoms with Gasteiger partial charge in [-0.25, -0.2) is 9.97 Å². The summed E-state index contributed by atoms with van der Waals surface area (Å²) in [7, 11) is 0. The molecule has 5 nitrogen and oxygen atoms in total. The molecule has 0 saturated carbocycles. The van der Waals surface area contributed by atoms with Crippen molar-refractivity contribution in [3.8, 4) is 6.07 Å². The highest BCUT2D eigenvalue weighted by Gasteiger charge is 2.30. The van der Waals surface area contributed by atoms with E-state index in [1.165, 1.54) is 12.1 Å². The Morgan fingerprint density at radius 3 is 2.38 bits per heavy atom. The number of halogens is 3. The number of hydrogen-bond donors (Lipinski definition) is 1. The molecule has 0 saturated heterocycles. The number of nitriles is 1. The van der Waals surface area contributed by atoms with Gasteiger partial charge in [0, 0.05) is 5.69 Å². The predicted molar refractivity (Wildman–Crippen MR) is 91.6 cm³/mol. The van der Waals surface area contributed by atoms with Gasteiger partial charge >= 0.3 is 6.18 Å². The average molecular weight is 380 g/mol. The first kappa shape index (κ1) is 19.7.